The van der Waals surface area contributed by atoms with Crippen molar-refractivity contribution in [3.05, 3.63) is 29.3 Å². The molecule has 0 aromatic heterocycles. The summed E-state index contributed by atoms with van der Waals surface area (Å²) in [6.45, 7) is 1.83. The molecule has 1 unspecified atom stereocenters. The summed E-state index contributed by atoms with van der Waals surface area (Å²) in [7, 11) is 1.53. The minimum atomic E-state index is -1.14. The Balaban J connectivity index is 3.14. The number of benzene rings is 1. The Morgan fingerprint density at radius 1 is 1.54 bits per heavy atom. The predicted molar refractivity (Wildman–Crippen MR) is 50.6 cm³/mol. The van der Waals surface area contributed by atoms with Crippen LogP contribution in [0.5, 0.6) is 5.75 Å². The van der Waals surface area contributed by atoms with Crippen LogP contribution in [0.25, 0.3) is 0 Å². The van der Waals surface area contributed by atoms with Crippen molar-refractivity contribution in [2.45, 2.75) is 13.1 Å². The molecule has 0 bridgehead atoms. The summed E-state index contributed by atoms with van der Waals surface area (Å²) in [5, 5.41) is 0. The quantitative estimate of drug-likeness (QED) is 0.777. The second kappa shape index (κ2) is 4.23. The van der Waals surface area contributed by atoms with Gasteiger partial charge in [-0.25, -0.2) is 4.39 Å². The van der Waals surface area contributed by atoms with E-state index in [0.717, 1.165) is 5.56 Å². The molecule has 0 saturated carbocycles. The molecule has 3 heteroatoms. The predicted octanol–water partition coefficient (Wildman–Crippen LogP) is 1.97. The van der Waals surface area contributed by atoms with Gasteiger partial charge in [-0.1, -0.05) is 12.1 Å². The molecule has 0 heterocycles. The molecule has 13 heavy (non-hydrogen) atoms. The van der Waals surface area contributed by atoms with Gasteiger partial charge in [-0.15, -0.1) is 0 Å². The van der Waals surface area contributed by atoms with Gasteiger partial charge in [0.25, 0.3) is 0 Å². The molecule has 0 aliphatic carbocycles. The number of methoxy groups -OCH3 is 1. The Labute approximate surface area is 77.5 Å². The number of aryl methyl sites for hydroxylation is 1. The third-order valence-corrected chi connectivity index (χ3v) is 2.02. The first kappa shape index (κ1) is 9.99. The van der Waals surface area contributed by atoms with Crippen LogP contribution in [0, 0.1) is 6.92 Å². The van der Waals surface area contributed by atoms with E-state index in [-0.39, 0.29) is 6.54 Å². The summed E-state index contributed by atoms with van der Waals surface area (Å²) in [5.74, 6) is 0.568. The molecule has 2 N–H and O–H groups in total. The van der Waals surface area contributed by atoms with Crippen LogP contribution in [0.3, 0.4) is 0 Å². The number of halogens is 1. The Bertz CT molecular complexity index is 288. The largest absolute Gasteiger partial charge is 0.496 e. The lowest BCUT2D eigenvalue weighted by molar-refractivity contribution is 0.330. The third kappa shape index (κ3) is 1.98. The van der Waals surface area contributed by atoms with E-state index in [1.165, 1.54) is 7.11 Å². The van der Waals surface area contributed by atoms with Crippen LogP contribution in [0.1, 0.15) is 17.3 Å². The van der Waals surface area contributed by atoms with Crippen LogP contribution < -0.4 is 10.5 Å². The zero-order valence-corrected chi connectivity index (χ0v) is 7.88. The van der Waals surface area contributed by atoms with Gasteiger partial charge in [0, 0.05) is 12.1 Å². The normalized spacial score (nSPS) is 12.6. The Kier molecular flexibility index (Phi) is 3.25. The zero-order valence-electron chi connectivity index (χ0n) is 7.88. The van der Waals surface area contributed by atoms with E-state index in [4.69, 9.17) is 10.5 Å². The Morgan fingerprint density at radius 3 is 2.77 bits per heavy atom. The van der Waals surface area contributed by atoms with E-state index in [1.807, 2.05) is 19.1 Å². The number of ether oxygens (including phenoxy) is 1. The summed E-state index contributed by atoms with van der Waals surface area (Å²) in [5.41, 5.74) is 6.70. The molecule has 1 aromatic rings. The van der Waals surface area contributed by atoms with Gasteiger partial charge in [0.2, 0.25) is 0 Å². The molecule has 0 radical (unpaired) electrons. The number of rotatable bonds is 3. The van der Waals surface area contributed by atoms with Crippen LogP contribution in [0.2, 0.25) is 0 Å². The smallest absolute Gasteiger partial charge is 0.141 e. The number of alkyl halides is 1. The lowest BCUT2D eigenvalue weighted by atomic mass is 10.0. The maximum Gasteiger partial charge on any atom is 0.141 e. The summed E-state index contributed by atoms with van der Waals surface area (Å²) in [6.07, 6.45) is -1.14. The van der Waals surface area contributed by atoms with E-state index in [9.17, 15) is 4.39 Å². The van der Waals surface area contributed by atoms with Gasteiger partial charge in [0.05, 0.1) is 7.11 Å². The second-order valence-electron chi connectivity index (χ2n) is 2.89. The fourth-order valence-electron chi connectivity index (χ4n) is 1.35. The van der Waals surface area contributed by atoms with Gasteiger partial charge in [-0.2, -0.15) is 0 Å². The number of hydrogen-bond donors (Lipinski definition) is 1. The number of nitrogens with two attached hydrogens (primary N) is 1. The highest BCUT2D eigenvalue weighted by Crippen LogP contribution is 2.29. The molecule has 1 atom stereocenters. The van der Waals surface area contributed by atoms with E-state index in [0.29, 0.717) is 11.3 Å². The standard InChI is InChI=1S/C10H14FNO/c1-7-4-3-5-9(13-2)10(7)8(11)6-12/h3-5,8H,6,12H2,1-2H3. The van der Waals surface area contributed by atoms with E-state index in [2.05, 4.69) is 0 Å². The van der Waals surface area contributed by atoms with E-state index < -0.39 is 6.17 Å². The molecule has 0 saturated heterocycles. The molecule has 0 fully saturated rings. The van der Waals surface area contributed by atoms with Crippen molar-refractivity contribution in [3.8, 4) is 5.75 Å². The highest BCUT2D eigenvalue weighted by atomic mass is 19.1. The molecule has 1 aromatic carbocycles. The van der Waals surface area contributed by atoms with Crippen LogP contribution in [0.15, 0.2) is 18.2 Å². The lowest BCUT2D eigenvalue weighted by Gasteiger charge is -2.13. The molecule has 72 valence electrons. The van der Waals surface area contributed by atoms with Crippen molar-refractivity contribution in [1.29, 1.82) is 0 Å². The minimum absolute atomic E-state index is 0.0127. The van der Waals surface area contributed by atoms with Gasteiger partial charge in [0.15, 0.2) is 0 Å². The first-order valence-corrected chi connectivity index (χ1v) is 4.18. The van der Waals surface area contributed by atoms with Crippen molar-refractivity contribution in [1.82, 2.24) is 0 Å². The average molecular weight is 183 g/mol. The minimum Gasteiger partial charge on any atom is -0.496 e. The third-order valence-electron chi connectivity index (χ3n) is 2.02. The average Bonchev–Trinajstić information content (AvgIpc) is 2.16. The monoisotopic (exact) mass is 183 g/mol. The summed E-state index contributed by atoms with van der Waals surface area (Å²) < 4.78 is 18.4. The van der Waals surface area contributed by atoms with Crippen LogP contribution in [-0.2, 0) is 0 Å². The highest BCUT2D eigenvalue weighted by molar-refractivity contribution is 5.41. The maximum absolute atomic E-state index is 13.4. The first-order chi connectivity index (χ1) is 6.20. The van der Waals surface area contributed by atoms with Gasteiger partial charge < -0.3 is 10.5 Å². The SMILES string of the molecule is COc1cccc(C)c1C(F)CN. The van der Waals surface area contributed by atoms with Crippen molar-refractivity contribution < 1.29 is 9.13 Å². The zero-order chi connectivity index (χ0) is 9.84. The molecule has 0 amide bonds. The Hall–Kier alpha value is -1.09. The van der Waals surface area contributed by atoms with Crippen LogP contribution >= 0.6 is 0 Å². The summed E-state index contributed by atoms with van der Waals surface area (Å²) in [4.78, 5) is 0. The van der Waals surface area contributed by atoms with Gasteiger partial charge in [-0.3, -0.25) is 0 Å². The van der Waals surface area contributed by atoms with E-state index >= 15 is 0 Å². The van der Waals surface area contributed by atoms with Gasteiger partial charge in [0.1, 0.15) is 11.9 Å². The molecule has 0 aliphatic rings. The molecule has 0 spiro atoms. The summed E-state index contributed by atoms with van der Waals surface area (Å²) in [6, 6.07) is 5.42. The fraction of sp³-hybridized carbons (Fsp3) is 0.400. The van der Waals surface area contributed by atoms with E-state index in [1.54, 1.807) is 6.07 Å². The maximum atomic E-state index is 13.4. The van der Waals surface area contributed by atoms with Gasteiger partial charge >= 0.3 is 0 Å². The van der Waals surface area contributed by atoms with Gasteiger partial charge in [-0.05, 0) is 18.6 Å². The Morgan fingerprint density at radius 2 is 2.23 bits per heavy atom. The summed E-state index contributed by atoms with van der Waals surface area (Å²) >= 11 is 0. The van der Waals surface area contributed by atoms with Crippen molar-refractivity contribution >= 4 is 0 Å². The molecule has 1 rings (SSSR count). The lowest BCUT2D eigenvalue weighted by Crippen LogP contribution is -2.10. The van der Waals surface area contributed by atoms with Crippen molar-refractivity contribution in [2.24, 2.45) is 5.73 Å². The number of hydrogen-bond acceptors (Lipinski definition) is 2. The molecule has 2 nitrogen and oxygen atoms in total. The molecule has 0 aliphatic heterocycles. The fourth-order valence-corrected chi connectivity index (χ4v) is 1.35. The second-order valence-corrected chi connectivity index (χ2v) is 2.89. The first-order valence-electron chi connectivity index (χ1n) is 4.18. The molecular formula is C10H14FNO. The molecular weight excluding hydrogens is 169 g/mol. The van der Waals surface area contributed by atoms with Crippen molar-refractivity contribution in [3.63, 3.8) is 0 Å². The highest BCUT2D eigenvalue weighted by Gasteiger charge is 2.15. The topological polar surface area (TPSA) is 35.2 Å². The van der Waals surface area contributed by atoms with Crippen LogP contribution in [0.4, 0.5) is 4.39 Å². The van der Waals surface area contributed by atoms with Crippen molar-refractivity contribution in [2.75, 3.05) is 13.7 Å². The van der Waals surface area contributed by atoms with Crippen LogP contribution in [-0.4, -0.2) is 13.7 Å².